The van der Waals surface area contributed by atoms with E-state index in [1.165, 1.54) is 24.5 Å². The van der Waals surface area contributed by atoms with Gasteiger partial charge in [-0.05, 0) is 36.1 Å². The molecule has 0 saturated carbocycles. The Morgan fingerprint density at radius 3 is 2.73 bits per heavy atom. The number of sulfonamides is 1. The first-order chi connectivity index (χ1) is 10.4. The van der Waals surface area contributed by atoms with Crippen molar-refractivity contribution in [1.82, 2.24) is 10.3 Å². The van der Waals surface area contributed by atoms with E-state index in [-0.39, 0.29) is 17.1 Å². The summed E-state index contributed by atoms with van der Waals surface area (Å²) in [5.41, 5.74) is 2.97. The van der Waals surface area contributed by atoms with Gasteiger partial charge in [-0.3, -0.25) is 10.2 Å². The van der Waals surface area contributed by atoms with Crippen LogP contribution in [-0.2, 0) is 21.2 Å². The average Bonchev–Trinajstić information content (AvgIpc) is 2.98. The van der Waals surface area contributed by atoms with Gasteiger partial charge in [-0.15, -0.1) is 16.2 Å². The van der Waals surface area contributed by atoms with Crippen LogP contribution in [0.2, 0.25) is 0 Å². The van der Waals surface area contributed by atoms with Crippen LogP contribution in [-0.4, -0.2) is 21.4 Å². The highest BCUT2D eigenvalue weighted by Gasteiger charge is 2.20. The van der Waals surface area contributed by atoms with Gasteiger partial charge in [0.1, 0.15) is 10.6 Å². The third-order valence-electron chi connectivity index (χ3n) is 2.85. The van der Waals surface area contributed by atoms with Gasteiger partial charge in [-0.2, -0.15) is 0 Å². The van der Waals surface area contributed by atoms with Crippen LogP contribution < -0.4 is 15.0 Å². The van der Waals surface area contributed by atoms with Crippen molar-refractivity contribution >= 4 is 27.3 Å². The minimum absolute atomic E-state index is 0.0218. The zero-order valence-electron chi connectivity index (χ0n) is 12.1. The molecule has 0 aliphatic carbocycles. The van der Waals surface area contributed by atoms with Crippen LogP contribution in [0, 0.1) is 6.92 Å². The van der Waals surface area contributed by atoms with Crippen molar-refractivity contribution in [3.05, 3.63) is 46.2 Å². The van der Waals surface area contributed by atoms with Gasteiger partial charge >= 0.3 is 0 Å². The highest BCUT2D eigenvalue weighted by Crippen LogP contribution is 2.24. The van der Waals surface area contributed by atoms with E-state index in [0.29, 0.717) is 0 Å². The molecule has 0 spiro atoms. The molecule has 0 unspecified atom stereocenters. The number of methoxy groups -OCH3 is 1. The normalized spacial score (nSPS) is 11.2. The summed E-state index contributed by atoms with van der Waals surface area (Å²) in [4.78, 5) is 14.7. The molecule has 8 heteroatoms. The minimum atomic E-state index is -3.90. The van der Waals surface area contributed by atoms with Gasteiger partial charge in [-0.1, -0.05) is 12.1 Å². The number of hydrazine groups is 1. The number of thiophene rings is 1. The fourth-order valence-electron chi connectivity index (χ4n) is 1.79. The largest absolute Gasteiger partial charge is 0.495 e. The smallest absolute Gasteiger partial charge is 0.261 e. The maximum Gasteiger partial charge on any atom is 0.261 e. The number of amides is 1. The Labute approximate surface area is 133 Å². The summed E-state index contributed by atoms with van der Waals surface area (Å²) in [7, 11) is -2.52. The Hall–Kier alpha value is -1.90. The SMILES string of the molecule is COc1ccc(C)cc1S(=O)(=O)NNC(=O)Cc1cccs1. The van der Waals surface area contributed by atoms with Crippen molar-refractivity contribution in [3.8, 4) is 5.75 Å². The molecule has 2 rings (SSSR count). The lowest BCUT2D eigenvalue weighted by Crippen LogP contribution is -2.42. The summed E-state index contributed by atoms with van der Waals surface area (Å²) in [6.07, 6.45) is 0.116. The summed E-state index contributed by atoms with van der Waals surface area (Å²) in [6.45, 7) is 1.77. The summed E-state index contributed by atoms with van der Waals surface area (Å²) < 4.78 is 29.6. The first-order valence-corrected chi connectivity index (χ1v) is 8.76. The average molecular weight is 340 g/mol. The standard InChI is InChI=1S/C14H16N2O4S2/c1-10-5-6-12(20-2)13(8-10)22(18,19)16-15-14(17)9-11-4-3-7-21-11/h3-8,16H,9H2,1-2H3,(H,15,17). The number of nitrogens with one attached hydrogen (secondary N) is 2. The lowest BCUT2D eigenvalue weighted by atomic mass is 10.2. The second-order valence-electron chi connectivity index (χ2n) is 4.56. The van der Waals surface area contributed by atoms with Gasteiger partial charge in [0.15, 0.2) is 0 Å². The number of carbonyl (C=O) groups is 1. The zero-order chi connectivity index (χ0) is 16.2. The summed E-state index contributed by atoms with van der Waals surface area (Å²) in [5.74, 6) is -0.219. The minimum Gasteiger partial charge on any atom is -0.495 e. The maximum atomic E-state index is 12.3. The van der Waals surface area contributed by atoms with E-state index in [4.69, 9.17) is 4.74 Å². The molecule has 0 bridgehead atoms. The van der Waals surface area contributed by atoms with Crippen molar-refractivity contribution in [3.63, 3.8) is 0 Å². The number of hydrogen-bond acceptors (Lipinski definition) is 5. The monoisotopic (exact) mass is 340 g/mol. The predicted molar refractivity (Wildman–Crippen MR) is 84.2 cm³/mol. The van der Waals surface area contributed by atoms with Gasteiger partial charge in [0.25, 0.3) is 10.0 Å². The molecule has 0 aliphatic heterocycles. The quantitative estimate of drug-likeness (QED) is 0.783. The van der Waals surface area contributed by atoms with Crippen molar-refractivity contribution < 1.29 is 17.9 Å². The first-order valence-electron chi connectivity index (χ1n) is 6.40. The van der Waals surface area contributed by atoms with Crippen LogP contribution in [0.4, 0.5) is 0 Å². The molecule has 0 saturated heterocycles. The molecule has 1 aromatic heterocycles. The highest BCUT2D eigenvalue weighted by atomic mass is 32.2. The molecule has 22 heavy (non-hydrogen) atoms. The third-order valence-corrected chi connectivity index (χ3v) is 4.99. The number of carbonyl (C=O) groups excluding carboxylic acids is 1. The van der Waals surface area contributed by atoms with E-state index in [1.54, 1.807) is 19.1 Å². The van der Waals surface area contributed by atoms with Gasteiger partial charge < -0.3 is 4.74 Å². The molecule has 0 atom stereocenters. The number of benzene rings is 1. The molecule has 2 N–H and O–H groups in total. The molecule has 1 aromatic carbocycles. The van der Waals surface area contributed by atoms with E-state index in [2.05, 4.69) is 10.3 Å². The molecule has 0 aliphatic rings. The fourth-order valence-corrected chi connectivity index (χ4v) is 3.61. The molecular weight excluding hydrogens is 324 g/mol. The zero-order valence-corrected chi connectivity index (χ0v) is 13.8. The topological polar surface area (TPSA) is 84.5 Å². The second-order valence-corrected chi connectivity index (χ2v) is 7.25. The van der Waals surface area contributed by atoms with Gasteiger partial charge in [-0.25, -0.2) is 8.42 Å². The molecule has 1 heterocycles. The van der Waals surface area contributed by atoms with Crippen LogP contribution in [0.1, 0.15) is 10.4 Å². The summed E-state index contributed by atoms with van der Waals surface area (Å²) >= 11 is 1.43. The molecule has 2 aromatic rings. The Kier molecular flexibility index (Phi) is 5.17. The third kappa shape index (κ3) is 4.06. The molecule has 0 radical (unpaired) electrons. The van der Waals surface area contributed by atoms with Crippen LogP contribution in [0.3, 0.4) is 0 Å². The van der Waals surface area contributed by atoms with Crippen LogP contribution in [0.25, 0.3) is 0 Å². The molecular formula is C14H16N2O4S2. The summed E-state index contributed by atoms with van der Waals surface area (Å²) in [6, 6.07) is 8.43. The predicted octanol–water partition coefficient (Wildman–Crippen LogP) is 1.62. The van der Waals surface area contributed by atoms with Gasteiger partial charge in [0.05, 0.1) is 13.5 Å². The Bertz CT molecular complexity index is 755. The highest BCUT2D eigenvalue weighted by molar-refractivity contribution is 7.89. The van der Waals surface area contributed by atoms with E-state index in [1.807, 2.05) is 17.5 Å². The second kappa shape index (κ2) is 6.91. The number of ether oxygens (including phenoxy) is 1. The lowest BCUT2D eigenvalue weighted by molar-refractivity contribution is -0.120. The van der Waals surface area contributed by atoms with Crippen LogP contribution >= 0.6 is 11.3 Å². The van der Waals surface area contributed by atoms with Gasteiger partial charge in [0, 0.05) is 4.88 Å². The van der Waals surface area contributed by atoms with E-state index in [9.17, 15) is 13.2 Å². The number of hydrogen-bond donors (Lipinski definition) is 2. The van der Waals surface area contributed by atoms with E-state index >= 15 is 0 Å². The fraction of sp³-hybridized carbons (Fsp3) is 0.214. The lowest BCUT2D eigenvalue weighted by Gasteiger charge is -2.12. The molecule has 0 fully saturated rings. The summed E-state index contributed by atoms with van der Waals surface area (Å²) in [5, 5.41) is 1.85. The number of rotatable bonds is 6. The first kappa shape index (κ1) is 16.5. The van der Waals surface area contributed by atoms with E-state index in [0.717, 1.165) is 10.4 Å². The van der Waals surface area contributed by atoms with Crippen LogP contribution in [0.5, 0.6) is 5.75 Å². The van der Waals surface area contributed by atoms with Crippen LogP contribution in [0.15, 0.2) is 40.6 Å². The van der Waals surface area contributed by atoms with E-state index < -0.39 is 15.9 Å². The number of aryl methyl sites for hydroxylation is 1. The Balaban J connectivity index is 2.08. The Morgan fingerprint density at radius 1 is 1.32 bits per heavy atom. The van der Waals surface area contributed by atoms with Gasteiger partial charge in [0.2, 0.25) is 5.91 Å². The van der Waals surface area contributed by atoms with Crippen molar-refractivity contribution in [2.24, 2.45) is 0 Å². The van der Waals surface area contributed by atoms with Crippen molar-refractivity contribution in [2.75, 3.05) is 7.11 Å². The molecule has 1 amide bonds. The molecule has 6 nitrogen and oxygen atoms in total. The maximum absolute atomic E-state index is 12.3. The Morgan fingerprint density at radius 2 is 2.09 bits per heavy atom. The van der Waals surface area contributed by atoms with Crippen molar-refractivity contribution in [2.45, 2.75) is 18.2 Å². The molecule has 118 valence electrons. The van der Waals surface area contributed by atoms with Crippen molar-refractivity contribution in [1.29, 1.82) is 0 Å².